The molecule has 0 aliphatic rings. The monoisotopic (exact) mass is 291 g/mol. The fraction of sp³-hybridized carbons (Fsp3) is 0.200. The molecule has 0 fully saturated rings. The van der Waals surface area contributed by atoms with E-state index in [0.717, 1.165) is 6.07 Å². The van der Waals surface area contributed by atoms with Gasteiger partial charge in [0.25, 0.3) is 5.69 Å². The second-order valence-corrected chi connectivity index (χ2v) is 4.56. The lowest BCUT2D eigenvalue weighted by Gasteiger charge is -2.13. The number of aliphatic hydroxyl groups excluding tert-OH is 1. The second-order valence-electron chi connectivity index (χ2n) is 4.56. The van der Waals surface area contributed by atoms with Crippen molar-refractivity contribution in [1.29, 1.82) is 0 Å². The minimum Gasteiger partial charge on any atom is -0.487 e. The lowest BCUT2D eigenvalue weighted by atomic mass is 10.1. The van der Waals surface area contributed by atoms with Crippen LogP contribution in [-0.4, -0.2) is 16.6 Å². The number of rotatable bonds is 5. The highest BCUT2D eigenvalue weighted by Gasteiger charge is 2.17. The van der Waals surface area contributed by atoms with Gasteiger partial charge in [-0.1, -0.05) is 30.3 Å². The zero-order chi connectivity index (χ0) is 15.4. The molecule has 0 radical (unpaired) electrons. The van der Waals surface area contributed by atoms with E-state index in [1.807, 2.05) is 6.07 Å². The van der Waals surface area contributed by atoms with Crippen molar-refractivity contribution in [1.82, 2.24) is 0 Å². The molecule has 0 aliphatic heterocycles. The first-order valence-electron chi connectivity index (χ1n) is 6.29. The van der Waals surface area contributed by atoms with Crippen LogP contribution in [0.15, 0.2) is 42.5 Å². The Bertz CT molecular complexity index is 646. The molecule has 0 amide bonds. The third-order valence-corrected chi connectivity index (χ3v) is 3.03. The Hall–Kier alpha value is -2.47. The van der Waals surface area contributed by atoms with Gasteiger partial charge in [0.1, 0.15) is 12.7 Å². The van der Waals surface area contributed by atoms with Crippen molar-refractivity contribution in [2.45, 2.75) is 13.0 Å². The van der Waals surface area contributed by atoms with Gasteiger partial charge < -0.3 is 9.84 Å². The van der Waals surface area contributed by atoms with E-state index in [-0.39, 0.29) is 18.0 Å². The molecule has 1 atom stereocenters. The van der Waals surface area contributed by atoms with E-state index in [9.17, 15) is 19.6 Å². The zero-order valence-corrected chi connectivity index (χ0v) is 11.3. The van der Waals surface area contributed by atoms with Gasteiger partial charge in [0, 0.05) is 5.56 Å². The van der Waals surface area contributed by atoms with Crippen molar-refractivity contribution >= 4 is 5.69 Å². The zero-order valence-electron chi connectivity index (χ0n) is 11.3. The number of nitro benzene ring substituents is 1. The molecule has 5 nitrogen and oxygen atoms in total. The van der Waals surface area contributed by atoms with Crippen LogP contribution >= 0.6 is 0 Å². The van der Waals surface area contributed by atoms with E-state index < -0.39 is 16.8 Å². The summed E-state index contributed by atoms with van der Waals surface area (Å²) >= 11 is 0. The molecule has 6 heteroatoms. The molecular formula is C15H14FNO4. The molecule has 0 aliphatic carbocycles. The first-order chi connectivity index (χ1) is 9.99. The van der Waals surface area contributed by atoms with Gasteiger partial charge in [-0.15, -0.1) is 0 Å². The predicted molar refractivity (Wildman–Crippen MR) is 74.7 cm³/mol. The van der Waals surface area contributed by atoms with Gasteiger partial charge in [-0.25, -0.2) is 4.39 Å². The van der Waals surface area contributed by atoms with E-state index in [2.05, 4.69) is 0 Å². The van der Waals surface area contributed by atoms with Crippen LogP contribution in [0.3, 0.4) is 0 Å². The average molecular weight is 291 g/mol. The van der Waals surface area contributed by atoms with Crippen LogP contribution < -0.4 is 4.74 Å². The topological polar surface area (TPSA) is 72.6 Å². The summed E-state index contributed by atoms with van der Waals surface area (Å²) in [6.45, 7) is 1.36. The molecule has 2 aromatic carbocycles. The standard InChI is InChI=1S/C15H14FNO4/c1-10-7-15(12(16)8-13(10)17(19)20)21-9-14(18)11-5-3-2-4-6-11/h2-8,14,18H,9H2,1H3. The first-order valence-corrected chi connectivity index (χ1v) is 6.29. The van der Waals surface area contributed by atoms with Crippen LogP contribution in [0.2, 0.25) is 0 Å². The summed E-state index contributed by atoms with van der Waals surface area (Å²) in [5, 5.41) is 20.6. The molecule has 1 unspecified atom stereocenters. The number of nitro groups is 1. The van der Waals surface area contributed by atoms with Crippen LogP contribution in [0.1, 0.15) is 17.2 Å². The number of halogens is 1. The lowest BCUT2D eigenvalue weighted by Crippen LogP contribution is -2.10. The van der Waals surface area contributed by atoms with Gasteiger partial charge in [0.05, 0.1) is 11.0 Å². The quantitative estimate of drug-likeness (QED) is 0.678. The Balaban J connectivity index is 2.10. The van der Waals surface area contributed by atoms with Crippen molar-refractivity contribution in [3.63, 3.8) is 0 Å². The summed E-state index contributed by atoms with van der Waals surface area (Å²) in [5.41, 5.74) is 0.644. The third-order valence-electron chi connectivity index (χ3n) is 3.03. The minimum atomic E-state index is -0.902. The third kappa shape index (κ3) is 3.55. The molecule has 0 saturated carbocycles. The van der Waals surface area contributed by atoms with Crippen molar-refractivity contribution in [2.24, 2.45) is 0 Å². The van der Waals surface area contributed by atoms with E-state index in [1.165, 1.54) is 13.0 Å². The molecule has 0 heterocycles. The van der Waals surface area contributed by atoms with Crippen LogP contribution in [-0.2, 0) is 0 Å². The molecule has 110 valence electrons. The van der Waals surface area contributed by atoms with Gasteiger partial charge >= 0.3 is 0 Å². The SMILES string of the molecule is Cc1cc(OCC(O)c2ccccc2)c(F)cc1[N+](=O)[O-]. The van der Waals surface area contributed by atoms with Crippen molar-refractivity contribution in [3.05, 3.63) is 69.5 Å². The summed E-state index contributed by atoms with van der Waals surface area (Å²) < 4.78 is 19.0. The highest BCUT2D eigenvalue weighted by atomic mass is 19.1. The fourth-order valence-corrected chi connectivity index (χ4v) is 1.89. The maximum atomic E-state index is 13.7. The molecule has 2 aromatic rings. The van der Waals surface area contributed by atoms with Crippen molar-refractivity contribution < 1.29 is 19.2 Å². The van der Waals surface area contributed by atoms with Crippen molar-refractivity contribution in [3.8, 4) is 5.75 Å². The minimum absolute atomic E-state index is 0.118. The molecule has 0 saturated heterocycles. The fourth-order valence-electron chi connectivity index (χ4n) is 1.89. The highest BCUT2D eigenvalue weighted by Crippen LogP contribution is 2.27. The molecule has 1 N–H and O–H groups in total. The van der Waals surface area contributed by atoms with Crippen LogP contribution in [0.25, 0.3) is 0 Å². The van der Waals surface area contributed by atoms with Crippen LogP contribution in [0, 0.1) is 22.9 Å². The highest BCUT2D eigenvalue weighted by molar-refractivity contribution is 5.45. The van der Waals surface area contributed by atoms with Gasteiger partial charge in [0.15, 0.2) is 11.6 Å². The Morgan fingerprint density at radius 2 is 2.00 bits per heavy atom. The summed E-state index contributed by atoms with van der Waals surface area (Å²) in [6.07, 6.45) is -0.902. The summed E-state index contributed by atoms with van der Waals surface area (Å²) in [5.74, 6) is -0.944. The molecule has 2 rings (SSSR count). The molecule has 0 aromatic heterocycles. The van der Waals surface area contributed by atoms with Crippen LogP contribution in [0.4, 0.5) is 10.1 Å². The Morgan fingerprint density at radius 3 is 2.62 bits per heavy atom. The summed E-state index contributed by atoms with van der Waals surface area (Å²) in [4.78, 5) is 10.0. The van der Waals surface area contributed by atoms with Gasteiger partial charge in [-0.3, -0.25) is 10.1 Å². The van der Waals surface area contributed by atoms with Crippen molar-refractivity contribution in [2.75, 3.05) is 6.61 Å². The summed E-state index contributed by atoms with van der Waals surface area (Å²) in [7, 11) is 0. The molecule has 0 bridgehead atoms. The number of aliphatic hydroxyl groups is 1. The number of nitrogens with zero attached hydrogens (tertiary/aromatic N) is 1. The Morgan fingerprint density at radius 1 is 1.33 bits per heavy atom. The number of benzene rings is 2. The van der Waals surface area contributed by atoms with Gasteiger partial charge in [-0.05, 0) is 18.6 Å². The Kier molecular flexibility index (Phi) is 4.49. The maximum Gasteiger partial charge on any atom is 0.275 e. The molecular weight excluding hydrogens is 277 g/mol. The molecule has 21 heavy (non-hydrogen) atoms. The summed E-state index contributed by atoms with van der Waals surface area (Å²) in [6, 6.07) is 10.9. The van der Waals surface area contributed by atoms with Gasteiger partial charge in [-0.2, -0.15) is 0 Å². The average Bonchev–Trinajstić information content (AvgIpc) is 2.48. The predicted octanol–water partition coefficient (Wildman–Crippen LogP) is 3.15. The van der Waals surface area contributed by atoms with E-state index >= 15 is 0 Å². The molecule has 0 spiro atoms. The lowest BCUT2D eigenvalue weighted by molar-refractivity contribution is -0.385. The van der Waals surface area contributed by atoms with Crippen LogP contribution in [0.5, 0.6) is 5.75 Å². The number of hydrogen-bond donors (Lipinski definition) is 1. The van der Waals surface area contributed by atoms with E-state index in [4.69, 9.17) is 4.74 Å². The normalized spacial score (nSPS) is 12.0. The number of ether oxygens (including phenoxy) is 1. The first kappa shape index (κ1) is 14.9. The Labute approximate surface area is 120 Å². The van der Waals surface area contributed by atoms with Gasteiger partial charge in [0.2, 0.25) is 0 Å². The maximum absolute atomic E-state index is 13.7. The van der Waals surface area contributed by atoms with E-state index in [1.54, 1.807) is 24.3 Å². The number of aryl methyl sites for hydroxylation is 1. The second kappa shape index (κ2) is 6.32. The smallest absolute Gasteiger partial charge is 0.275 e. The van der Waals surface area contributed by atoms with E-state index in [0.29, 0.717) is 11.1 Å². The largest absolute Gasteiger partial charge is 0.487 e. The number of hydrogen-bond acceptors (Lipinski definition) is 4.